The fraction of sp³-hybridized carbons (Fsp3) is 0.556. The molecule has 0 N–H and O–H groups in total. The summed E-state index contributed by atoms with van der Waals surface area (Å²) in [5.41, 5.74) is -0.0451. The van der Waals surface area contributed by atoms with Crippen LogP contribution in [-0.4, -0.2) is 55.1 Å². The molecule has 6 nitrogen and oxygen atoms in total. The average molecular weight is 331 g/mol. The summed E-state index contributed by atoms with van der Waals surface area (Å²) in [5.74, 6) is 1.30. The van der Waals surface area contributed by atoms with Gasteiger partial charge in [-0.05, 0) is 31.0 Å². The number of carbonyl (C=O) groups is 2. The van der Waals surface area contributed by atoms with Crippen LogP contribution >= 0.6 is 0 Å². The topological polar surface area (TPSA) is 65.1 Å². The molecule has 1 aromatic carbocycles. The summed E-state index contributed by atoms with van der Waals surface area (Å²) in [6.45, 7) is 1.71. The van der Waals surface area contributed by atoms with Crippen LogP contribution in [0, 0.1) is 0 Å². The molecule has 4 rings (SSSR count). The molecule has 1 aromatic rings. The van der Waals surface area contributed by atoms with E-state index in [4.69, 9.17) is 14.2 Å². The quantitative estimate of drug-likeness (QED) is 0.827. The number of hydrogen-bond donors (Lipinski definition) is 0. The Kier molecular flexibility index (Phi) is 3.72. The monoisotopic (exact) mass is 331 g/mol. The summed E-state index contributed by atoms with van der Waals surface area (Å²) >= 11 is 0. The lowest BCUT2D eigenvalue weighted by Gasteiger charge is -2.35. The molecular formula is C18H21NO5. The minimum absolute atomic E-state index is 0.0287. The van der Waals surface area contributed by atoms with Gasteiger partial charge in [0.1, 0.15) is 23.2 Å². The van der Waals surface area contributed by atoms with Gasteiger partial charge in [-0.3, -0.25) is 9.59 Å². The normalized spacial score (nSPS) is 28.8. The van der Waals surface area contributed by atoms with Crippen LogP contribution in [0.1, 0.15) is 36.0 Å². The predicted molar refractivity (Wildman–Crippen MR) is 85.5 cm³/mol. The third kappa shape index (κ3) is 2.55. The van der Waals surface area contributed by atoms with Gasteiger partial charge in [0, 0.05) is 19.6 Å². The van der Waals surface area contributed by atoms with Gasteiger partial charge in [-0.25, -0.2) is 0 Å². The predicted octanol–water partition coefficient (Wildman–Crippen LogP) is 1.81. The van der Waals surface area contributed by atoms with Crippen molar-refractivity contribution >= 4 is 11.7 Å². The average Bonchev–Trinajstić information content (AvgIpc) is 3.24. The number of Topliss-reactive ketones (excluding diaryl/α,β-unsaturated/α-hetero) is 1. The Morgan fingerprint density at radius 2 is 2.29 bits per heavy atom. The van der Waals surface area contributed by atoms with Gasteiger partial charge in [0.2, 0.25) is 0 Å². The maximum Gasteiger partial charge on any atom is 0.251 e. The van der Waals surface area contributed by atoms with Crippen LogP contribution in [0.2, 0.25) is 0 Å². The zero-order chi connectivity index (χ0) is 16.7. The summed E-state index contributed by atoms with van der Waals surface area (Å²) in [7, 11) is 1.57. The number of nitrogens with zero attached hydrogens (tertiary/aromatic N) is 1. The molecule has 0 bridgehead atoms. The van der Waals surface area contributed by atoms with Crippen molar-refractivity contribution in [3.8, 4) is 11.5 Å². The van der Waals surface area contributed by atoms with Crippen molar-refractivity contribution in [3.05, 3.63) is 23.8 Å². The van der Waals surface area contributed by atoms with E-state index >= 15 is 0 Å². The first-order chi connectivity index (χ1) is 11.6. The van der Waals surface area contributed by atoms with Crippen LogP contribution in [0.5, 0.6) is 11.5 Å². The van der Waals surface area contributed by atoms with E-state index in [2.05, 4.69) is 0 Å². The van der Waals surface area contributed by atoms with E-state index in [1.807, 2.05) is 0 Å². The lowest BCUT2D eigenvalue weighted by molar-refractivity contribution is -0.140. The molecule has 128 valence electrons. The number of ketones is 1. The summed E-state index contributed by atoms with van der Waals surface area (Å²) < 4.78 is 16.9. The molecule has 6 heteroatoms. The van der Waals surface area contributed by atoms with Crippen LogP contribution in [0.4, 0.5) is 0 Å². The number of rotatable bonds is 2. The Morgan fingerprint density at radius 1 is 1.42 bits per heavy atom. The number of fused-ring (bicyclic) bond motifs is 1. The maximum absolute atomic E-state index is 12.6. The molecule has 2 unspecified atom stereocenters. The van der Waals surface area contributed by atoms with Crippen molar-refractivity contribution in [2.45, 2.75) is 37.4 Å². The first-order valence-corrected chi connectivity index (χ1v) is 8.41. The number of ether oxygens (including phenoxy) is 3. The first kappa shape index (κ1) is 15.4. The standard InChI is InChI=1S/C18H21NO5/c1-22-12-4-5-15-13(9-12)14(20)10-18(24-15)6-7-19(11-18)17(21)16-3-2-8-23-16/h4-5,9,16H,2-3,6-8,10-11H2,1H3. The van der Waals surface area contributed by atoms with E-state index < -0.39 is 5.60 Å². The number of amides is 1. The highest BCUT2D eigenvalue weighted by atomic mass is 16.5. The summed E-state index contributed by atoms with van der Waals surface area (Å²) in [6.07, 6.45) is 2.35. The highest BCUT2D eigenvalue weighted by molar-refractivity contribution is 6.01. The van der Waals surface area contributed by atoms with Gasteiger partial charge < -0.3 is 19.1 Å². The lowest BCUT2D eigenvalue weighted by Crippen LogP contribution is -2.46. The molecule has 0 radical (unpaired) electrons. The van der Waals surface area contributed by atoms with Crippen molar-refractivity contribution in [1.82, 2.24) is 4.90 Å². The van der Waals surface area contributed by atoms with E-state index in [-0.39, 0.29) is 17.8 Å². The Hall–Kier alpha value is -2.08. The zero-order valence-corrected chi connectivity index (χ0v) is 13.7. The van der Waals surface area contributed by atoms with Gasteiger partial charge >= 0.3 is 0 Å². The Labute approximate surface area is 140 Å². The third-order valence-electron chi connectivity index (χ3n) is 5.13. The van der Waals surface area contributed by atoms with E-state index in [9.17, 15) is 9.59 Å². The Balaban J connectivity index is 1.52. The van der Waals surface area contributed by atoms with Gasteiger partial charge in [0.15, 0.2) is 5.78 Å². The number of methoxy groups -OCH3 is 1. The molecular weight excluding hydrogens is 310 g/mol. The van der Waals surface area contributed by atoms with Crippen molar-refractivity contribution < 1.29 is 23.8 Å². The van der Waals surface area contributed by atoms with Crippen LogP contribution in [0.3, 0.4) is 0 Å². The summed E-state index contributed by atoms with van der Waals surface area (Å²) in [5, 5.41) is 0. The maximum atomic E-state index is 12.6. The van der Waals surface area contributed by atoms with Crippen LogP contribution in [-0.2, 0) is 9.53 Å². The zero-order valence-electron chi connectivity index (χ0n) is 13.7. The molecule has 3 heterocycles. The molecule has 2 saturated heterocycles. The van der Waals surface area contributed by atoms with Crippen LogP contribution in [0.15, 0.2) is 18.2 Å². The molecule has 24 heavy (non-hydrogen) atoms. The fourth-order valence-corrected chi connectivity index (χ4v) is 3.84. The molecule has 0 saturated carbocycles. The number of hydrogen-bond acceptors (Lipinski definition) is 5. The van der Waals surface area contributed by atoms with Gasteiger partial charge in [-0.1, -0.05) is 0 Å². The molecule has 0 aromatic heterocycles. The minimum atomic E-state index is -0.604. The van der Waals surface area contributed by atoms with Gasteiger partial charge in [0.05, 0.1) is 25.6 Å². The lowest BCUT2D eigenvalue weighted by atomic mass is 9.89. The van der Waals surface area contributed by atoms with Crippen molar-refractivity contribution in [2.24, 2.45) is 0 Å². The van der Waals surface area contributed by atoms with Crippen LogP contribution in [0.25, 0.3) is 0 Å². The summed E-state index contributed by atoms with van der Waals surface area (Å²) in [4.78, 5) is 26.9. The Bertz CT molecular complexity index is 682. The van der Waals surface area contributed by atoms with E-state index in [0.29, 0.717) is 49.6 Å². The second-order valence-electron chi connectivity index (χ2n) is 6.76. The number of likely N-dealkylation sites (tertiary alicyclic amines) is 1. The highest BCUT2D eigenvalue weighted by Gasteiger charge is 2.48. The van der Waals surface area contributed by atoms with Crippen molar-refractivity contribution in [2.75, 3.05) is 26.8 Å². The largest absolute Gasteiger partial charge is 0.497 e. The van der Waals surface area contributed by atoms with Gasteiger partial charge in [-0.2, -0.15) is 0 Å². The highest BCUT2D eigenvalue weighted by Crippen LogP contribution is 2.40. The van der Waals surface area contributed by atoms with Crippen molar-refractivity contribution in [1.29, 1.82) is 0 Å². The fourth-order valence-electron chi connectivity index (χ4n) is 3.84. The van der Waals surface area contributed by atoms with Gasteiger partial charge in [0.25, 0.3) is 5.91 Å². The second-order valence-corrected chi connectivity index (χ2v) is 6.76. The van der Waals surface area contributed by atoms with Crippen LogP contribution < -0.4 is 9.47 Å². The first-order valence-electron chi connectivity index (χ1n) is 8.41. The molecule has 1 spiro atoms. The summed E-state index contributed by atoms with van der Waals surface area (Å²) in [6, 6.07) is 5.28. The van der Waals surface area contributed by atoms with E-state index in [0.717, 1.165) is 12.8 Å². The molecule has 0 aliphatic carbocycles. The molecule has 2 atom stereocenters. The number of carbonyl (C=O) groups excluding carboxylic acids is 2. The molecule has 2 fully saturated rings. The molecule has 1 amide bonds. The van der Waals surface area contributed by atoms with Gasteiger partial charge in [-0.15, -0.1) is 0 Å². The second kappa shape index (κ2) is 5.77. The van der Waals surface area contributed by atoms with E-state index in [1.54, 1.807) is 30.2 Å². The molecule has 3 aliphatic heterocycles. The van der Waals surface area contributed by atoms with E-state index in [1.165, 1.54) is 0 Å². The van der Waals surface area contributed by atoms with Crippen molar-refractivity contribution in [3.63, 3.8) is 0 Å². The SMILES string of the molecule is COc1ccc2c(c1)C(=O)CC1(CCN(C(=O)C3CCCO3)C1)O2. The minimum Gasteiger partial charge on any atom is -0.497 e. The number of benzene rings is 1. The Morgan fingerprint density at radius 3 is 3.04 bits per heavy atom. The molecule has 3 aliphatic rings. The smallest absolute Gasteiger partial charge is 0.251 e. The third-order valence-corrected chi connectivity index (χ3v) is 5.13.